The molecule has 0 saturated carbocycles. The normalized spacial score (nSPS) is 11.3. The van der Waals surface area contributed by atoms with Crippen molar-refractivity contribution >= 4 is 38.5 Å². The zero-order chi connectivity index (χ0) is 16.4. The lowest BCUT2D eigenvalue weighted by atomic mass is 10.2. The van der Waals surface area contributed by atoms with Gasteiger partial charge < -0.3 is 21.7 Å². The summed E-state index contributed by atoms with van der Waals surface area (Å²) in [6.07, 6.45) is 4.24. The van der Waals surface area contributed by atoms with Crippen LogP contribution in [0.25, 0.3) is 20.2 Å². The van der Waals surface area contributed by atoms with Crippen LogP contribution in [-0.2, 0) is 16.1 Å². The number of carbonyl (C=O) groups is 1. The van der Waals surface area contributed by atoms with Crippen LogP contribution in [0.1, 0.15) is 27.2 Å². The number of carbonyl (C=O) groups excluding carboxylic acids is 1. The minimum atomic E-state index is -0.438. The van der Waals surface area contributed by atoms with E-state index in [4.69, 9.17) is 4.74 Å². The summed E-state index contributed by atoms with van der Waals surface area (Å²) >= 11 is 2.83. The van der Waals surface area contributed by atoms with Gasteiger partial charge in [-0.05, 0) is 20.8 Å². The van der Waals surface area contributed by atoms with Crippen LogP contribution in [0.5, 0.6) is 0 Å². The van der Waals surface area contributed by atoms with E-state index in [0.29, 0.717) is 13.0 Å². The van der Waals surface area contributed by atoms with Gasteiger partial charge in [0.1, 0.15) is 17.0 Å². The summed E-state index contributed by atoms with van der Waals surface area (Å²) < 4.78 is 11.1. The molecule has 128 valence electrons. The number of rotatable bonds is 4. The lowest BCUT2D eigenvalue weighted by Crippen LogP contribution is -3.00. The smallest absolute Gasteiger partial charge is 0.312 e. The molecule has 24 heavy (non-hydrogen) atoms. The molecule has 0 amide bonds. The third kappa shape index (κ3) is 4.78. The first kappa shape index (κ1) is 18.9. The lowest BCUT2D eigenvalue weighted by Gasteiger charge is -2.18. The molecule has 0 atom stereocenters. The zero-order valence-electron chi connectivity index (χ0n) is 13.5. The summed E-state index contributed by atoms with van der Waals surface area (Å²) in [6, 6.07) is 3.98. The largest absolute Gasteiger partial charge is 1.00 e. The van der Waals surface area contributed by atoms with Gasteiger partial charge in [-0.15, -0.1) is 5.10 Å². The molecule has 3 aromatic heterocycles. The molecule has 0 aliphatic heterocycles. The van der Waals surface area contributed by atoms with E-state index in [1.807, 2.05) is 49.9 Å². The summed E-state index contributed by atoms with van der Waals surface area (Å²) in [7, 11) is 0. The molecule has 0 saturated heterocycles. The quantitative estimate of drug-likeness (QED) is 0.426. The van der Waals surface area contributed by atoms with Crippen molar-refractivity contribution in [1.82, 2.24) is 14.6 Å². The van der Waals surface area contributed by atoms with Crippen molar-refractivity contribution in [2.75, 3.05) is 0 Å². The average molecular weight is 429 g/mol. The number of aromatic nitrogens is 4. The van der Waals surface area contributed by atoms with Crippen molar-refractivity contribution in [3.05, 3.63) is 24.5 Å². The second-order valence-electron chi connectivity index (χ2n) is 6.06. The average Bonchev–Trinajstić information content (AvgIpc) is 3.05. The molecule has 0 fully saturated rings. The van der Waals surface area contributed by atoms with Crippen molar-refractivity contribution in [2.24, 2.45) is 0 Å². The van der Waals surface area contributed by atoms with Gasteiger partial charge in [0.2, 0.25) is 0 Å². The molecule has 3 rings (SSSR count). The van der Waals surface area contributed by atoms with Gasteiger partial charge in [-0.25, -0.2) is 9.55 Å². The van der Waals surface area contributed by atoms with Crippen molar-refractivity contribution < 1.29 is 31.1 Å². The molecule has 0 unspecified atom stereocenters. The highest BCUT2D eigenvalue weighted by atomic mass is 79.9. The van der Waals surface area contributed by atoms with Crippen LogP contribution in [0.2, 0.25) is 0 Å². The number of hydrogen-bond donors (Lipinski definition) is 0. The van der Waals surface area contributed by atoms with E-state index in [9.17, 15) is 4.79 Å². The van der Waals surface area contributed by atoms with E-state index in [2.05, 4.69) is 14.6 Å². The van der Waals surface area contributed by atoms with Crippen LogP contribution in [0.4, 0.5) is 0 Å². The highest BCUT2D eigenvalue weighted by Crippen LogP contribution is 2.29. The van der Waals surface area contributed by atoms with E-state index in [1.54, 1.807) is 0 Å². The molecular weight excluding hydrogens is 412 g/mol. The number of thiazole rings is 1. The Balaban J connectivity index is 0.00000208. The van der Waals surface area contributed by atoms with Crippen LogP contribution in [0, 0.1) is 0 Å². The van der Waals surface area contributed by atoms with Crippen LogP contribution < -0.4 is 21.5 Å². The van der Waals surface area contributed by atoms with E-state index >= 15 is 0 Å². The summed E-state index contributed by atoms with van der Waals surface area (Å²) in [6.45, 7) is 6.20. The van der Waals surface area contributed by atoms with Crippen molar-refractivity contribution in [3.63, 3.8) is 0 Å². The highest BCUT2D eigenvalue weighted by Gasteiger charge is 2.17. The van der Waals surface area contributed by atoms with E-state index in [1.165, 1.54) is 22.9 Å². The van der Waals surface area contributed by atoms with Crippen LogP contribution in [0.3, 0.4) is 0 Å². The molecule has 0 bridgehead atoms. The Kier molecular flexibility index (Phi) is 6.00. The standard InChI is InChI=1S/C15H17N4O2S2.BrH/c1-15(2,3)21-11(20)6-9-19-7-4-10(5-8-19)12-16-13-14(22-12)17-18-23-13;/h4-5,7-8H,6,9H2,1-3H3;1H/q+1;/p-1. The fourth-order valence-electron chi connectivity index (χ4n) is 2.00. The Hall–Kier alpha value is -1.45. The first-order valence-corrected chi connectivity index (χ1v) is 8.80. The van der Waals surface area contributed by atoms with Gasteiger partial charge in [0.25, 0.3) is 0 Å². The zero-order valence-corrected chi connectivity index (χ0v) is 16.7. The number of nitrogens with zero attached hydrogens (tertiary/aromatic N) is 4. The molecule has 0 aliphatic carbocycles. The molecule has 9 heteroatoms. The monoisotopic (exact) mass is 428 g/mol. The molecule has 0 aliphatic rings. The van der Waals surface area contributed by atoms with Crippen molar-refractivity contribution in [3.8, 4) is 10.6 Å². The molecule has 3 aromatic rings. The number of aryl methyl sites for hydroxylation is 1. The first-order chi connectivity index (χ1) is 10.9. The maximum atomic E-state index is 11.7. The van der Waals surface area contributed by atoms with Gasteiger partial charge in [0.15, 0.2) is 28.6 Å². The Morgan fingerprint density at radius 2 is 1.96 bits per heavy atom. The second-order valence-corrected chi connectivity index (χ2v) is 7.77. The molecule has 0 aromatic carbocycles. The first-order valence-electron chi connectivity index (χ1n) is 7.21. The maximum Gasteiger partial charge on any atom is 0.312 e. The summed E-state index contributed by atoms with van der Waals surface area (Å²) in [5, 5.41) is 4.96. The van der Waals surface area contributed by atoms with Gasteiger partial charge in [0.05, 0.1) is 0 Å². The van der Waals surface area contributed by atoms with E-state index < -0.39 is 5.60 Å². The minimum Gasteiger partial charge on any atom is -1.00 e. The molecule has 0 N–H and O–H groups in total. The third-order valence-electron chi connectivity index (χ3n) is 2.97. The van der Waals surface area contributed by atoms with Gasteiger partial charge in [0, 0.05) is 29.2 Å². The van der Waals surface area contributed by atoms with E-state index in [0.717, 1.165) is 20.2 Å². The van der Waals surface area contributed by atoms with Crippen molar-refractivity contribution in [2.45, 2.75) is 39.3 Å². The second kappa shape index (κ2) is 7.62. The predicted molar refractivity (Wildman–Crippen MR) is 89.2 cm³/mol. The Labute approximate surface area is 158 Å². The number of ether oxygens (including phenoxy) is 1. The molecule has 3 heterocycles. The molecular formula is C15H17BrN4O2S2. The Morgan fingerprint density at radius 3 is 2.58 bits per heavy atom. The Morgan fingerprint density at radius 1 is 1.25 bits per heavy atom. The topological polar surface area (TPSA) is 68.8 Å². The van der Waals surface area contributed by atoms with Crippen LogP contribution >= 0.6 is 22.9 Å². The fraction of sp³-hybridized carbons (Fsp3) is 0.400. The fourth-order valence-corrected chi connectivity index (χ4v) is 3.59. The molecule has 0 radical (unpaired) electrons. The molecule has 0 spiro atoms. The van der Waals surface area contributed by atoms with Crippen molar-refractivity contribution in [1.29, 1.82) is 0 Å². The third-order valence-corrected chi connectivity index (χ3v) is 4.71. The summed E-state index contributed by atoms with van der Waals surface area (Å²) in [5.41, 5.74) is 0.598. The summed E-state index contributed by atoms with van der Waals surface area (Å²) in [4.78, 5) is 18.0. The van der Waals surface area contributed by atoms with Gasteiger partial charge in [-0.1, -0.05) is 15.8 Å². The number of pyridine rings is 1. The Bertz CT molecular complexity index is 795. The SMILES string of the molecule is CC(C)(C)OC(=O)CC[n+]1ccc(-c2nc3snnc3s2)cc1.[Br-]. The van der Waals surface area contributed by atoms with Gasteiger partial charge in [-0.3, -0.25) is 4.79 Å². The number of hydrogen-bond acceptors (Lipinski definition) is 7. The maximum absolute atomic E-state index is 11.7. The number of halogens is 1. The van der Waals surface area contributed by atoms with Gasteiger partial charge in [-0.2, -0.15) is 0 Å². The summed E-state index contributed by atoms with van der Waals surface area (Å²) in [5.74, 6) is -0.187. The molecule has 6 nitrogen and oxygen atoms in total. The van der Waals surface area contributed by atoms with Crippen LogP contribution in [0.15, 0.2) is 24.5 Å². The lowest BCUT2D eigenvalue weighted by molar-refractivity contribution is -0.695. The van der Waals surface area contributed by atoms with E-state index in [-0.39, 0.29) is 23.0 Å². The highest BCUT2D eigenvalue weighted by molar-refractivity contribution is 7.26. The van der Waals surface area contributed by atoms with Crippen LogP contribution in [-0.4, -0.2) is 26.1 Å². The number of esters is 1. The minimum absolute atomic E-state index is 0. The number of fused-ring (bicyclic) bond motifs is 1. The predicted octanol–water partition coefficient (Wildman–Crippen LogP) is -0.162. The van der Waals surface area contributed by atoms with Gasteiger partial charge >= 0.3 is 5.97 Å².